The zero-order valence-corrected chi connectivity index (χ0v) is 11.1. The van der Waals surface area contributed by atoms with E-state index in [0.717, 1.165) is 10.8 Å². The minimum atomic E-state index is -0.161. The molecule has 0 radical (unpaired) electrons. The molecule has 0 aromatic heterocycles. The molecule has 1 N–H and O–H groups in total. The fraction of sp³-hybridized carbons (Fsp3) is 0.0556. The SMILES string of the molecule is Cc1cccc2cc(C(=O)c3ccccc3O)ccc12. The molecular formula is C18H14O2. The Hall–Kier alpha value is -2.61. The third-order valence-electron chi connectivity index (χ3n) is 3.51. The number of hydrogen-bond acceptors (Lipinski definition) is 2. The van der Waals surface area contributed by atoms with Gasteiger partial charge in [0, 0.05) is 5.56 Å². The zero-order chi connectivity index (χ0) is 14.1. The molecule has 0 bridgehead atoms. The molecule has 0 aliphatic rings. The molecule has 0 heterocycles. The highest BCUT2D eigenvalue weighted by Gasteiger charge is 2.13. The third-order valence-corrected chi connectivity index (χ3v) is 3.51. The molecule has 0 aliphatic heterocycles. The van der Waals surface area contributed by atoms with Crippen LogP contribution in [0.25, 0.3) is 10.8 Å². The van der Waals surface area contributed by atoms with Crippen LogP contribution in [0, 0.1) is 6.92 Å². The number of rotatable bonds is 2. The number of phenols is 1. The maximum Gasteiger partial charge on any atom is 0.196 e. The summed E-state index contributed by atoms with van der Waals surface area (Å²) in [6.07, 6.45) is 0. The summed E-state index contributed by atoms with van der Waals surface area (Å²) in [5, 5.41) is 12.0. The quantitative estimate of drug-likeness (QED) is 0.706. The van der Waals surface area contributed by atoms with Gasteiger partial charge in [-0.25, -0.2) is 0 Å². The average molecular weight is 262 g/mol. The predicted octanol–water partition coefficient (Wildman–Crippen LogP) is 4.08. The van der Waals surface area contributed by atoms with E-state index < -0.39 is 0 Å². The Balaban J connectivity index is 2.11. The molecule has 98 valence electrons. The first-order valence-electron chi connectivity index (χ1n) is 6.49. The Morgan fingerprint density at radius 3 is 2.55 bits per heavy atom. The number of aromatic hydroxyl groups is 1. The molecule has 20 heavy (non-hydrogen) atoms. The summed E-state index contributed by atoms with van der Waals surface area (Å²) < 4.78 is 0. The molecule has 0 atom stereocenters. The molecule has 0 spiro atoms. The molecule has 0 saturated carbocycles. The van der Waals surface area contributed by atoms with Gasteiger partial charge >= 0.3 is 0 Å². The number of fused-ring (bicyclic) bond motifs is 1. The van der Waals surface area contributed by atoms with Gasteiger partial charge in [0.25, 0.3) is 0 Å². The van der Waals surface area contributed by atoms with Crippen LogP contribution in [0.4, 0.5) is 0 Å². The number of para-hydroxylation sites is 1. The first-order chi connectivity index (χ1) is 9.66. The molecule has 0 unspecified atom stereocenters. The maximum absolute atomic E-state index is 12.4. The van der Waals surface area contributed by atoms with Crippen LogP contribution in [-0.2, 0) is 0 Å². The number of benzene rings is 3. The van der Waals surface area contributed by atoms with Gasteiger partial charge in [-0.3, -0.25) is 4.79 Å². The standard InChI is InChI=1S/C18H14O2/c1-12-5-4-6-13-11-14(9-10-15(12)13)18(20)16-7-2-3-8-17(16)19/h2-11,19H,1H3. The number of phenolic OH excluding ortho intramolecular Hbond substituents is 1. The van der Waals surface area contributed by atoms with Crippen molar-refractivity contribution in [1.82, 2.24) is 0 Å². The summed E-state index contributed by atoms with van der Waals surface area (Å²) in [7, 11) is 0. The Kier molecular flexibility index (Phi) is 2.99. The van der Waals surface area contributed by atoms with Crippen molar-refractivity contribution in [2.75, 3.05) is 0 Å². The van der Waals surface area contributed by atoms with Gasteiger partial charge in [-0.1, -0.05) is 42.5 Å². The largest absolute Gasteiger partial charge is 0.507 e. The van der Waals surface area contributed by atoms with Crippen LogP contribution in [0.2, 0.25) is 0 Å². The van der Waals surface area contributed by atoms with E-state index in [1.807, 2.05) is 43.3 Å². The summed E-state index contributed by atoms with van der Waals surface area (Å²) in [6, 6.07) is 18.3. The van der Waals surface area contributed by atoms with Gasteiger partial charge in [0.2, 0.25) is 0 Å². The highest BCUT2D eigenvalue weighted by atomic mass is 16.3. The average Bonchev–Trinajstić information content (AvgIpc) is 2.47. The maximum atomic E-state index is 12.4. The van der Waals surface area contributed by atoms with Crippen LogP contribution in [0.3, 0.4) is 0 Å². The third kappa shape index (κ3) is 2.05. The number of carbonyl (C=O) groups excluding carboxylic acids is 1. The topological polar surface area (TPSA) is 37.3 Å². The van der Waals surface area contributed by atoms with Gasteiger partial charge in [0.05, 0.1) is 5.56 Å². The van der Waals surface area contributed by atoms with Crippen LogP contribution >= 0.6 is 0 Å². The van der Waals surface area contributed by atoms with Gasteiger partial charge < -0.3 is 5.11 Å². The van der Waals surface area contributed by atoms with E-state index in [-0.39, 0.29) is 11.5 Å². The van der Waals surface area contributed by atoms with E-state index in [0.29, 0.717) is 11.1 Å². The van der Waals surface area contributed by atoms with Crippen LogP contribution in [0.1, 0.15) is 21.5 Å². The van der Waals surface area contributed by atoms with Crippen LogP contribution in [-0.4, -0.2) is 10.9 Å². The molecule has 0 saturated heterocycles. The molecule has 0 fully saturated rings. The minimum absolute atomic E-state index is 0.0156. The summed E-state index contributed by atoms with van der Waals surface area (Å²) in [4.78, 5) is 12.4. The molecule has 0 amide bonds. The summed E-state index contributed by atoms with van der Waals surface area (Å²) >= 11 is 0. The Morgan fingerprint density at radius 1 is 0.950 bits per heavy atom. The lowest BCUT2D eigenvalue weighted by Gasteiger charge is -2.06. The fourth-order valence-electron chi connectivity index (χ4n) is 2.41. The molecule has 2 heteroatoms. The molecule has 3 aromatic carbocycles. The lowest BCUT2D eigenvalue weighted by atomic mass is 9.98. The number of carbonyl (C=O) groups is 1. The van der Waals surface area contributed by atoms with Crippen molar-refractivity contribution in [3.8, 4) is 5.75 Å². The Labute approximate surface area is 117 Å². The number of aryl methyl sites for hydroxylation is 1. The van der Waals surface area contributed by atoms with E-state index in [4.69, 9.17) is 0 Å². The molecule has 3 aromatic rings. The van der Waals surface area contributed by atoms with Gasteiger partial charge in [0.1, 0.15) is 5.75 Å². The van der Waals surface area contributed by atoms with E-state index in [9.17, 15) is 9.90 Å². The monoisotopic (exact) mass is 262 g/mol. The van der Waals surface area contributed by atoms with E-state index in [2.05, 4.69) is 0 Å². The van der Waals surface area contributed by atoms with Gasteiger partial charge in [-0.05, 0) is 41.5 Å². The molecular weight excluding hydrogens is 248 g/mol. The predicted molar refractivity (Wildman–Crippen MR) is 80.2 cm³/mol. The van der Waals surface area contributed by atoms with Crippen molar-refractivity contribution in [1.29, 1.82) is 0 Å². The van der Waals surface area contributed by atoms with Crippen LogP contribution in [0.15, 0.2) is 60.7 Å². The minimum Gasteiger partial charge on any atom is -0.507 e. The van der Waals surface area contributed by atoms with Crippen molar-refractivity contribution in [3.63, 3.8) is 0 Å². The fourth-order valence-corrected chi connectivity index (χ4v) is 2.41. The Bertz CT molecular complexity index is 803. The molecule has 3 rings (SSSR count). The second kappa shape index (κ2) is 4.82. The normalized spacial score (nSPS) is 10.7. The molecule has 0 aliphatic carbocycles. The van der Waals surface area contributed by atoms with Gasteiger partial charge in [0.15, 0.2) is 5.78 Å². The van der Waals surface area contributed by atoms with Crippen LogP contribution < -0.4 is 0 Å². The van der Waals surface area contributed by atoms with Crippen LogP contribution in [0.5, 0.6) is 5.75 Å². The van der Waals surface area contributed by atoms with Crippen molar-refractivity contribution >= 4 is 16.6 Å². The van der Waals surface area contributed by atoms with Crippen molar-refractivity contribution < 1.29 is 9.90 Å². The summed E-state index contributed by atoms with van der Waals surface area (Å²) in [5.74, 6) is -0.145. The first-order valence-corrected chi connectivity index (χ1v) is 6.49. The van der Waals surface area contributed by atoms with Crippen molar-refractivity contribution in [3.05, 3.63) is 77.4 Å². The van der Waals surface area contributed by atoms with E-state index in [1.165, 1.54) is 11.6 Å². The van der Waals surface area contributed by atoms with Crippen molar-refractivity contribution in [2.24, 2.45) is 0 Å². The molecule has 2 nitrogen and oxygen atoms in total. The Morgan fingerprint density at radius 2 is 1.75 bits per heavy atom. The number of ketones is 1. The lowest BCUT2D eigenvalue weighted by molar-refractivity contribution is 0.103. The van der Waals surface area contributed by atoms with Gasteiger partial charge in [-0.15, -0.1) is 0 Å². The second-order valence-electron chi connectivity index (χ2n) is 4.86. The first kappa shape index (κ1) is 12.4. The van der Waals surface area contributed by atoms with E-state index >= 15 is 0 Å². The number of hydrogen-bond donors (Lipinski definition) is 1. The summed E-state index contributed by atoms with van der Waals surface area (Å²) in [5.41, 5.74) is 2.10. The highest BCUT2D eigenvalue weighted by Crippen LogP contribution is 2.24. The second-order valence-corrected chi connectivity index (χ2v) is 4.86. The van der Waals surface area contributed by atoms with Crippen molar-refractivity contribution in [2.45, 2.75) is 6.92 Å². The van der Waals surface area contributed by atoms with E-state index in [1.54, 1.807) is 18.2 Å². The summed E-state index contributed by atoms with van der Waals surface area (Å²) in [6.45, 7) is 2.05. The van der Waals surface area contributed by atoms with Gasteiger partial charge in [-0.2, -0.15) is 0 Å². The highest BCUT2D eigenvalue weighted by molar-refractivity contribution is 6.12. The zero-order valence-electron chi connectivity index (χ0n) is 11.1. The lowest BCUT2D eigenvalue weighted by Crippen LogP contribution is -2.01. The smallest absolute Gasteiger partial charge is 0.196 e.